The van der Waals surface area contributed by atoms with Crippen LogP contribution in [-0.2, 0) is 9.53 Å². The van der Waals surface area contributed by atoms with Crippen molar-refractivity contribution >= 4 is 46.6 Å². The zero-order valence-electron chi connectivity index (χ0n) is 21.0. The van der Waals surface area contributed by atoms with Crippen LogP contribution < -0.4 is 9.64 Å². The second-order valence-corrected chi connectivity index (χ2v) is 10.4. The van der Waals surface area contributed by atoms with Gasteiger partial charge in [0.25, 0.3) is 11.6 Å². The lowest BCUT2D eigenvalue weighted by Gasteiger charge is -2.28. The minimum absolute atomic E-state index is 0.0647. The number of nitro benzene ring substituents is 1. The highest BCUT2D eigenvalue weighted by Crippen LogP contribution is 2.47. The number of nitro groups is 1. The molecule has 0 aliphatic carbocycles. The number of methoxy groups -OCH3 is 1. The van der Waals surface area contributed by atoms with Gasteiger partial charge in [-0.25, -0.2) is 4.79 Å². The summed E-state index contributed by atoms with van der Waals surface area (Å²) in [6.45, 7) is 0.970. The largest absolute Gasteiger partial charge is 0.497 e. The smallest absolute Gasteiger partial charge is 0.340 e. The van der Waals surface area contributed by atoms with E-state index in [2.05, 4.69) is 0 Å². The van der Waals surface area contributed by atoms with Crippen LogP contribution in [0.5, 0.6) is 5.75 Å². The van der Waals surface area contributed by atoms with Crippen molar-refractivity contribution in [3.8, 4) is 5.75 Å². The van der Waals surface area contributed by atoms with E-state index < -0.39 is 22.2 Å². The third kappa shape index (κ3) is 5.93. The van der Waals surface area contributed by atoms with E-state index in [0.717, 1.165) is 22.2 Å². The number of ether oxygens (including phenoxy) is 2. The fraction of sp³-hybridized carbons (Fsp3) is 0.259. The van der Waals surface area contributed by atoms with Crippen molar-refractivity contribution in [2.75, 3.05) is 39.2 Å². The molecule has 38 heavy (non-hydrogen) atoms. The van der Waals surface area contributed by atoms with Gasteiger partial charge in [-0.15, -0.1) is 11.8 Å². The summed E-state index contributed by atoms with van der Waals surface area (Å²) in [7, 11) is 5.39. The molecule has 0 aromatic heterocycles. The summed E-state index contributed by atoms with van der Waals surface area (Å²) < 4.78 is 11.2. The number of non-ortho nitro benzene ring substituents is 1. The number of thioether (sulfide) groups is 1. The number of carbonyl (C=O) groups is 2. The van der Waals surface area contributed by atoms with Gasteiger partial charge in [-0.2, -0.15) is 0 Å². The molecule has 1 heterocycles. The quantitative estimate of drug-likeness (QED) is 0.212. The minimum atomic E-state index is -1.21. The molecule has 2 atom stereocenters. The van der Waals surface area contributed by atoms with E-state index >= 15 is 0 Å². The van der Waals surface area contributed by atoms with Gasteiger partial charge in [-0.05, 0) is 50.0 Å². The van der Waals surface area contributed by atoms with E-state index in [1.165, 1.54) is 23.9 Å². The van der Waals surface area contributed by atoms with Gasteiger partial charge in [-0.1, -0.05) is 35.9 Å². The molecule has 0 saturated heterocycles. The number of fused-ring (bicyclic) bond motifs is 1. The Bertz CT molecular complexity index is 1350. The van der Waals surface area contributed by atoms with Crippen molar-refractivity contribution in [1.82, 2.24) is 4.90 Å². The molecule has 1 aliphatic rings. The van der Waals surface area contributed by atoms with Crippen LogP contribution in [0.3, 0.4) is 0 Å². The van der Waals surface area contributed by atoms with Gasteiger partial charge in [0.1, 0.15) is 5.75 Å². The molecule has 0 spiro atoms. The monoisotopic (exact) mass is 555 g/mol. The standard InChI is InChI=1S/C27H26ClN3O6S/c1-29(2)14-15-30-22-6-4-5-7-23(22)38-25(17-8-11-19(36-3)12-9-17)24(26(30)32)37-27(33)20-13-10-18(31(34)35)16-21(20)28/h4-13,16,24-25H,14-15H2,1-3H3/t24-,25+/m1/s1. The summed E-state index contributed by atoms with van der Waals surface area (Å²) >= 11 is 7.63. The molecule has 3 aromatic carbocycles. The summed E-state index contributed by atoms with van der Waals surface area (Å²) in [6, 6.07) is 18.3. The Morgan fingerprint density at radius 1 is 1.13 bits per heavy atom. The lowest BCUT2D eigenvalue weighted by atomic mass is 10.0. The highest BCUT2D eigenvalue weighted by atomic mass is 35.5. The average Bonchev–Trinajstić information content (AvgIpc) is 3.01. The van der Waals surface area contributed by atoms with Crippen molar-refractivity contribution in [2.45, 2.75) is 16.2 Å². The first kappa shape index (κ1) is 27.4. The van der Waals surface area contributed by atoms with Gasteiger partial charge < -0.3 is 19.3 Å². The maximum Gasteiger partial charge on any atom is 0.340 e. The Kier molecular flexibility index (Phi) is 8.55. The van der Waals surface area contributed by atoms with Crippen LogP contribution in [0, 0.1) is 10.1 Å². The minimum Gasteiger partial charge on any atom is -0.497 e. The summed E-state index contributed by atoms with van der Waals surface area (Å²) in [6.07, 6.45) is -1.21. The zero-order chi connectivity index (χ0) is 27.4. The van der Waals surface area contributed by atoms with E-state index in [1.807, 2.05) is 55.4 Å². The topological polar surface area (TPSA) is 102 Å². The Labute approximate surface area is 229 Å². The molecule has 198 valence electrons. The number of carbonyl (C=O) groups excluding carboxylic acids is 2. The van der Waals surface area contributed by atoms with Gasteiger partial charge in [0, 0.05) is 30.1 Å². The van der Waals surface area contributed by atoms with E-state index in [4.69, 9.17) is 21.1 Å². The maximum absolute atomic E-state index is 14.1. The Balaban J connectivity index is 1.76. The fourth-order valence-electron chi connectivity index (χ4n) is 4.02. The molecule has 0 saturated carbocycles. The van der Waals surface area contributed by atoms with E-state index in [-0.39, 0.29) is 22.2 Å². The normalized spacial score (nSPS) is 17.1. The van der Waals surface area contributed by atoms with Crippen LogP contribution >= 0.6 is 23.4 Å². The maximum atomic E-state index is 14.1. The third-order valence-corrected chi connectivity index (χ3v) is 7.71. The number of amides is 1. The lowest BCUT2D eigenvalue weighted by molar-refractivity contribution is -0.384. The van der Waals surface area contributed by atoms with Crippen molar-refractivity contribution in [1.29, 1.82) is 0 Å². The summed E-state index contributed by atoms with van der Waals surface area (Å²) in [4.78, 5) is 42.4. The SMILES string of the molecule is COc1ccc([C@@H]2Sc3ccccc3N(CCN(C)C)C(=O)[C@@H]2OC(=O)c2ccc([N+](=O)[O-])cc2Cl)cc1. The zero-order valence-corrected chi connectivity index (χ0v) is 22.6. The molecule has 0 fully saturated rings. The number of likely N-dealkylation sites (N-methyl/N-ethyl adjacent to an activating group) is 1. The Morgan fingerprint density at radius 2 is 1.84 bits per heavy atom. The first-order valence-electron chi connectivity index (χ1n) is 11.7. The molecular formula is C27H26ClN3O6S. The number of hydrogen-bond acceptors (Lipinski definition) is 8. The number of rotatable bonds is 8. The summed E-state index contributed by atoms with van der Waals surface area (Å²) in [5, 5.41) is 10.4. The van der Waals surface area contributed by atoms with Gasteiger partial charge in [0.15, 0.2) is 6.10 Å². The van der Waals surface area contributed by atoms with Gasteiger partial charge in [0.05, 0.1) is 33.6 Å². The molecule has 0 radical (unpaired) electrons. The highest BCUT2D eigenvalue weighted by molar-refractivity contribution is 7.99. The van der Waals surface area contributed by atoms with Gasteiger partial charge >= 0.3 is 5.97 Å². The summed E-state index contributed by atoms with van der Waals surface area (Å²) in [5.41, 5.74) is 1.18. The first-order chi connectivity index (χ1) is 18.2. The molecular weight excluding hydrogens is 530 g/mol. The second kappa shape index (κ2) is 11.8. The number of halogens is 1. The first-order valence-corrected chi connectivity index (χ1v) is 13.0. The molecule has 9 nitrogen and oxygen atoms in total. The molecule has 3 aromatic rings. The van der Waals surface area contributed by atoms with Crippen molar-refractivity contribution in [3.63, 3.8) is 0 Å². The molecule has 0 N–H and O–H groups in total. The number of benzene rings is 3. The Hall–Kier alpha value is -3.60. The Morgan fingerprint density at radius 3 is 2.47 bits per heavy atom. The van der Waals surface area contributed by atoms with E-state index in [0.29, 0.717) is 18.8 Å². The van der Waals surface area contributed by atoms with Crippen molar-refractivity contribution in [3.05, 3.63) is 93.0 Å². The van der Waals surface area contributed by atoms with Gasteiger partial charge in [-0.3, -0.25) is 14.9 Å². The fourth-order valence-corrected chi connectivity index (χ4v) is 5.59. The van der Waals surface area contributed by atoms with Gasteiger partial charge in [0.2, 0.25) is 0 Å². The highest BCUT2D eigenvalue weighted by Gasteiger charge is 2.41. The van der Waals surface area contributed by atoms with E-state index in [9.17, 15) is 19.7 Å². The molecule has 1 amide bonds. The van der Waals surface area contributed by atoms with Crippen molar-refractivity contribution in [2.24, 2.45) is 0 Å². The number of esters is 1. The van der Waals surface area contributed by atoms with Crippen LogP contribution in [-0.4, -0.2) is 62.1 Å². The third-order valence-electron chi connectivity index (χ3n) is 6.03. The number of anilines is 1. The number of hydrogen-bond donors (Lipinski definition) is 0. The van der Waals surface area contributed by atoms with E-state index in [1.54, 1.807) is 24.1 Å². The molecule has 1 aliphatic heterocycles. The molecule has 0 unspecified atom stereocenters. The molecule has 0 bridgehead atoms. The molecule has 11 heteroatoms. The number of para-hydroxylation sites is 1. The lowest BCUT2D eigenvalue weighted by Crippen LogP contribution is -2.45. The predicted octanol–water partition coefficient (Wildman–Crippen LogP) is 5.22. The van der Waals surface area contributed by atoms with Crippen LogP contribution in [0.15, 0.2) is 71.6 Å². The molecule has 4 rings (SSSR count). The predicted molar refractivity (Wildman–Crippen MR) is 146 cm³/mol. The van der Waals surface area contributed by atoms with Crippen LogP contribution in [0.4, 0.5) is 11.4 Å². The van der Waals surface area contributed by atoms with Crippen LogP contribution in [0.1, 0.15) is 21.2 Å². The van der Waals surface area contributed by atoms with Crippen LogP contribution in [0.25, 0.3) is 0 Å². The van der Waals surface area contributed by atoms with Crippen LogP contribution in [0.2, 0.25) is 5.02 Å². The second-order valence-electron chi connectivity index (χ2n) is 8.82. The number of nitrogens with zero attached hydrogens (tertiary/aromatic N) is 3. The van der Waals surface area contributed by atoms with Crippen molar-refractivity contribution < 1.29 is 24.0 Å². The average molecular weight is 556 g/mol. The summed E-state index contributed by atoms with van der Waals surface area (Å²) in [5.74, 6) is -0.574.